The zero-order valence-corrected chi connectivity index (χ0v) is 5.92. The minimum absolute atomic E-state index is 0.942. The van der Waals surface area contributed by atoms with E-state index < -0.39 is 0 Å². The van der Waals surface area contributed by atoms with Gasteiger partial charge in [0.2, 0.25) is 0 Å². The number of ether oxygens (including phenoxy) is 1. The van der Waals surface area contributed by atoms with Crippen molar-refractivity contribution in [2.45, 2.75) is 12.8 Å². The molecule has 2 heterocycles. The molecule has 0 saturated heterocycles. The van der Waals surface area contributed by atoms with Gasteiger partial charge in [0.05, 0.1) is 7.11 Å². The van der Waals surface area contributed by atoms with Crippen molar-refractivity contribution in [2.24, 2.45) is 0 Å². The minimum atomic E-state index is 0.942. The molecule has 2 bridgehead atoms. The number of hydrogen-bond donors (Lipinski definition) is 0. The standard InChI is InChI=1S/C8H9NO/c1-10-8-4-6-2-3-7(5-8)9-6/h4-5H,2-3H2,1H3. The lowest BCUT2D eigenvalue weighted by molar-refractivity contribution is 0.414. The molecule has 2 heteroatoms. The molecule has 1 aromatic rings. The zero-order chi connectivity index (χ0) is 6.97. The average Bonchev–Trinajstić information content (AvgIpc) is 2.30. The minimum Gasteiger partial charge on any atom is -0.497 e. The Morgan fingerprint density at radius 1 is 1.30 bits per heavy atom. The van der Waals surface area contributed by atoms with Gasteiger partial charge in [-0.3, -0.25) is 4.98 Å². The maximum atomic E-state index is 5.08. The maximum absolute atomic E-state index is 5.08. The van der Waals surface area contributed by atoms with Gasteiger partial charge in [0, 0.05) is 23.5 Å². The summed E-state index contributed by atoms with van der Waals surface area (Å²) in [6.45, 7) is 0. The van der Waals surface area contributed by atoms with Crippen LogP contribution < -0.4 is 4.74 Å². The van der Waals surface area contributed by atoms with Crippen LogP contribution in [0.3, 0.4) is 0 Å². The lowest BCUT2D eigenvalue weighted by Gasteiger charge is -1.97. The number of pyridine rings is 1. The number of aryl methyl sites for hydroxylation is 2. The molecule has 1 aliphatic rings. The van der Waals surface area contributed by atoms with E-state index in [0.29, 0.717) is 0 Å². The van der Waals surface area contributed by atoms with Crippen molar-refractivity contribution in [3.05, 3.63) is 23.5 Å². The van der Waals surface area contributed by atoms with Gasteiger partial charge in [0.25, 0.3) is 0 Å². The second-order valence-electron chi connectivity index (χ2n) is 2.49. The summed E-state index contributed by atoms with van der Waals surface area (Å²) in [7, 11) is 1.69. The van der Waals surface area contributed by atoms with E-state index in [9.17, 15) is 0 Å². The van der Waals surface area contributed by atoms with Gasteiger partial charge in [0.15, 0.2) is 0 Å². The van der Waals surface area contributed by atoms with Crippen LogP contribution in [0.2, 0.25) is 0 Å². The predicted molar refractivity (Wildman–Crippen MR) is 38.2 cm³/mol. The van der Waals surface area contributed by atoms with E-state index in [0.717, 1.165) is 30.0 Å². The van der Waals surface area contributed by atoms with E-state index in [-0.39, 0.29) is 0 Å². The summed E-state index contributed by atoms with van der Waals surface area (Å²) in [6, 6.07) is 3.99. The molecule has 0 aliphatic carbocycles. The molecule has 1 aromatic heterocycles. The molecule has 2 nitrogen and oxygen atoms in total. The lowest BCUT2D eigenvalue weighted by Crippen LogP contribution is -1.85. The van der Waals surface area contributed by atoms with Gasteiger partial charge in [-0.15, -0.1) is 0 Å². The first kappa shape index (κ1) is 5.71. The summed E-state index contributed by atoms with van der Waals surface area (Å²) in [6.07, 6.45) is 2.16. The van der Waals surface area contributed by atoms with Gasteiger partial charge in [-0.25, -0.2) is 0 Å². The Balaban J connectivity index is 2.48. The molecule has 52 valence electrons. The quantitative estimate of drug-likeness (QED) is 0.577. The van der Waals surface area contributed by atoms with Crippen molar-refractivity contribution in [1.29, 1.82) is 0 Å². The molecule has 0 saturated carbocycles. The summed E-state index contributed by atoms with van der Waals surface area (Å²) in [4.78, 5) is 4.31. The zero-order valence-electron chi connectivity index (χ0n) is 5.92. The van der Waals surface area contributed by atoms with Gasteiger partial charge in [-0.2, -0.15) is 0 Å². The van der Waals surface area contributed by atoms with E-state index in [1.165, 1.54) is 0 Å². The fraction of sp³-hybridized carbons (Fsp3) is 0.375. The topological polar surface area (TPSA) is 22.1 Å². The number of rotatable bonds is 1. The molecule has 0 atom stereocenters. The molecular formula is C8H9NO. The molecule has 0 aromatic carbocycles. The third-order valence-electron chi connectivity index (χ3n) is 1.78. The molecular weight excluding hydrogens is 126 g/mol. The Labute approximate surface area is 59.9 Å². The summed E-state index contributed by atoms with van der Waals surface area (Å²) < 4.78 is 5.08. The fourth-order valence-corrected chi connectivity index (χ4v) is 1.25. The van der Waals surface area contributed by atoms with Crippen molar-refractivity contribution in [3.63, 3.8) is 0 Å². The molecule has 0 spiro atoms. The van der Waals surface area contributed by atoms with Crippen LogP contribution >= 0.6 is 0 Å². The van der Waals surface area contributed by atoms with E-state index in [4.69, 9.17) is 4.74 Å². The van der Waals surface area contributed by atoms with E-state index in [1.54, 1.807) is 7.11 Å². The second-order valence-corrected chi connectivity index (χ2v) is 2.49. The average molecular weight is 135 g/mol. The summed E-state index contributed by atoms with van der Waals surface area (Å²) in [5.41, 5.74) is 2.32. The summed E-state index contributed by atoms with van der Waals surface area (Å²) in [5.74, 6) is 0.942. The second kappa shape index (κ2) is 1.97. The van der Waals surface area contributed by atoms with Crippen LogP contribution in [0.1, 0.15) is 11.4 Å². The van der Waals surface area contributed by atoms with Crippen LogP contribution in [0.4, 0.5) is 0 Å². The van der Waals surface area contributed by atoms with Crippen LogP contribution in [0.5, 0.6) is 5.75 Å². The first-order valence-corrected chi connectivity index (χ1v) is 3.42. The highest BCUT2D eigenvalue weighted by molar-refractivity contribution is 5.31. The van der Waals surface area contributed by atoms with Crippen LogP contribution in [0.25, 0.3) is 0 Å². The van der Waals surface area contributed by atoms with Crippen LogP contribution in [-0.2, 0) is 12.8 Å². The highest BCUT2D eigenvalue weighted by Crippen LogP contribution is 2.20. The Kier molecular flexibility index (Phi) is 1.13. The van der Waals surface area contributed by atoms with Crippen molar-refractivity contribution < 1.29 is 4.74 Å². The molecule has 0 unspecified atom stereocenters. The Hall–Kier alpha value is -1.05. The normalized spacial score (nSPS) is 13.7. The van der Waals surface area contributed by atoms with Crippen molar-refractivity contribution in [2.75, 3.05) is 7.11 Å². The number of methoxy groups -OCH3 is 1. The Morgan fingerprint density at radius 3 is 2.40 bits per heavy atom. The van der Waals surface area contributed by atoms with Gasteiger partial charge in [0.1, 0.15) is 5.75 Å². The van der Waals surface area contributed by atoms with Crippen molar-refractivity contribution >= 4 is 0 Å². The van der Waals surface area contributed by atoms with Crippen LogP contribution in [-0.4, -0.2) is 12.1 Å². The SMILES string of the molecule is COc1cc2nc(c1)CC2. The third kappa shape index (κ3) is 0.764. The summed E-state index contributed by atoms with van der Waals surface area (Å²) >= 11 is 0. The molecule has 10 heavy (non-hydrogen) atoms. The first-order valence-electron chi connectivity index (χ1n) is 3.42. The number of aromatic nitrogens is 1. The monoisotopic (exact) mass is 135 g/mol. The first-order chi connectivity index (χ1) is 4.88. The Bertz CT molecular complexity index is 235. The molecule has 1 aliphatic heterocycles. The maximum Gasteiger partial charge on any atom is 0.122 e. The predicted octanol–water partition coefficient (Wildman–Crippen LogP) is 1.19. The van der Waals surface area contributed by atoms with Gasteiger partial charge in [-0.1, -0.05) is 0 Å². The lowest BCUT2D eigenvalue weighted by atomic mass is 10.3. The molecule has 0 amide bonds. The summed E-state index contributed by atoms with van der Waals surface area (Å²) in [5, 5.41) is 0. The Morgan fingerprint density at radius 2 is 1.90 bits per heavy atom. The molecule has 0 fully saturated rings. The van der Waals surface area contributed by atoms with Crippen LogP contribution in [0, 0.1) is 0 Å². The van der Waals surface area contributed by atoms with Gasteiger partial charge in [-0.05, 0) is 12.8 Å². The fourth-order valence-electron chi connectivity index (χ4n) is 1.25. The highest BCUT2D eigenvalue weighted by Gasteiger charge is 2.09. The van der Waals surface area contributed by atoms with Gasteiger partial charge < -0.3 is 4.74 Å². The molecule has 0 radical (unpaired) electrons. The highest BCUT2D eigenvalue weighted by atomic mass is 16.5. The number of fused-ring (bicyclic) bond motifs is 2. The number of hydrogen-bond acceptors (Lipinski definition) is 2. The van der Waals surface area contributed by atoms with E-state index in [1.807, 2.05) is 12.1 Å². The molecule has 2 rings (SSSR count). The van der Waals surface area contributed by atoms with E-state index >= 15 is 0 Å². The number of nitrogens with zero attached hydrogens (tertiary/aromatic N) is 1. The molecule has 0 N–H and O–H groups in total. The third-order valence-corrected chi connectivity index (χ3v) is 1.78. The largest absolute Gasteiger partial charge is 0.497 e. The van der Waals surface area contributed by atoms with Gasteiger partial charge >= 0.3 is 0 Å². The smallest absolute Gasteiger partial charge is 0.122 e. The van der Waals surface area contributed by atoms with Crippen molar-refractivity contribution in [3.8, 4) is 5.75 Å². The van der Waals surface area contributed by atoms with Crippen LogP contribution in [0.15, 0.2) is 12.1 Å². The van der Waals surface area contributed by atoms with E-state index in [2.05, 4.69) is 4.98 Å². The van der Waals surface area contributed by atoms with Crippen molar-refractivity contribution in [1.82, 2.24) is 4.98 Å².